The molecule has 0 amide bonds. The molecule has 23 heavy (non-hydrogen) atoms. The number of benzene rings is 1. The monoisotopic (exact) mass is 305 g/mol. The van der Waals surface area contributed by atoms with E-state index in [-0.39, 0.29) is 0 Å². The second-order valence-corrected chi connectivity index (χ2v) is 6.38. The van der Waals surface area contributed by atoms with Crippen LogP contribution in [-0.2, 0) is 6.54 Å². The summed E-state index contributed by atoms with van der Waals surface area (Å²) in [6.07, 6.45) is 8.95. The predicted octanol–water partition coefficient (Wildman–Crippen LogP) is 3.88. The molecule has 1 aliphatic rings. The normalized spacial score (nSPS) is 15.8. The summed E-state index contributed by atoms with van der Waals surface area (Å²) in [5, 5.41) is 20.9. The zero-order chi connectivity index (χ0) is 15.6. The number of aromatic nitrogens is 4. The van der Waals surface area contributed by atoms with Crippen molar-refractivity contribution in [3.05, 3.63) is 36.2 Å². The van der Waals surface area contributed by atoms with E-state index in [9.17, 15) is 0 Å². The number of nitrogens with one attached hydrogen (secondary N) is 1. The number of aromatic amines is 1. The van der Waals surface area contributed by atoms with Crippen molar-refractivity contribution in [2.45, 2.75) is 38.6 Å². The molecule has 2 heterocycles. The first-order valence-corrected chi connectivity index (χ1v) is 8.25. The van der Waals surface area contributed by atoms with E-state index in [1.165, 1.54) is 43.0 Å². The number of hydrogen-bond donors (Lipinski definition) is 1. The van der Waals surface area contributed by atoms with Crippen molar-refractivity contribution in [3.63, 3.8) is 0 Å². The Labute approximate surface area is 134 Å². The standard InChI is InChI=1S/C18H19N5/c19-11-16-18(21-22-20-16)15-7-6-14-8-9-23(17(14)10-15)12-13-4-2-1-3-5-13/h6-10,13H,1-5,12H2,(H,20,21,22). The summed E-state index contributed by atoms with van der Waals surface area (Å²) < 4.78 is 2.35. The van der Waals surface area contributed by atoms with Gasteiger partial charge in [-0.05, 0) is 36.3 Å². The van der Waals surface area contributed by atoms with Gasteiger partial charge in [0.2, 0.25) is 0 Å². The fourth-order valence-electron chi connectivity index (χ4n) is 3.65. The summed E-state index contributed by atoms with van der Waals surface area (Å²) in [5.41, 5.74) is 3.11. The van der Waals surface area contributed by atoms with Crippen LogP contribution in [0.5, 0.6) is 0 Å². The van der Waals surface area contributed by atoms with E-state index in [0.29, 0.717) is 11.4 Å². The van der Waals surface area contributed by atoms with Crippen molar-refractivity contribution in [2.24, 2.45) is 5.92 Å². The van der Waals surface area contributed by atoms with Gasteiger partial charge in [0.25, 0.3) is 0 Å². The van der Waals surface area contributed by atoms with Crippen molar-refractivity contribution in [1.82, 2.24) is 20.0 Å². The molecule has 116 valence electrons. The third-order valence-corrected chi connectivity index (χ3v) is 4.88. The molecule has 4 rings (SSSR count). The van der Waals surface area contributed by atoms with Crippen molar-refractivity contribution in [2.75, 3.05) is 0 Å². The number of nitrogens with zero attached hydrogens (tertiary/aromatic N) is 4. The molecule has 2 aromatic heterocycles. The minimum absolute atomic E-state index is 0.342. The lowest BCUT2D eigenvalue weighted by Gasteiger charge is -2.22. The van der Waals surface area contributed by atoms with E-state index in [0.717, 1.165) is 18.0 Å². The molecule has 0 atom stereocenters. The number of hydrogen-bond acceptors (Lipinski definition) is 3. The van der Waals surface area contributed by atoms with Gasteiger partial charge >= 0.3 is 0 Å². The molecule has 5 nitrogen and oxygen atoms in total. The first-order chi connectivity index (χ1) is 11.3. The van der Waals surface area contributed by atoms with Crippen molar-refractivity contribution >= 4 is 10.9 Å². The minimum atomic E-state index is 0.342. The molecule has 1 fully saturated rings. The van der Waals surface area contributed by atoms with Crippen LogP contribution in [0.3, 0.4) is 0 Å². The highest BCUT2D eigenvalue weighted by atomic mass is 15.3. The average molecular weight is 305 g/mol. The van der Waals surface area contributed by atoms with Gasteiger partial charge in [-0.3, -0.25) is 0 Å². The van der Waals surface area contributed by atoms with Crippen LogP contribution in [0.1, 0.15) is 37.8 Å². The zero-order valence-electron chi connectivity index (χ0n) is 13.0. The Morgan fingerprint density at radius 2 is 2.04 bits per heavy atom. The third-order valence-electron chi connectivity index (χ3n) is 4.88. The van der Waals surface area contributed by atoms with E-state index in [1.54, 1.807) is 0 Å². The molecular formula is C18H19N5. The Bertz CT molecular complexity index is 861. The van der Waals surface area contributed by atoms with Crippen LogP contribution in [-0.4, -0.2) is 20.0 Å². The SMILES string of the molecule is N#Cc1n[nH]nc1-c1ccc2ccn(CC3CCCCC3)c2c1. The highest BCUT2D eigenvalue weighted by molar-refractivity contribution is 5.85. The van der Waals surface area contributed by atoms with E-state index in [1.807, 2.05) is 6.07 Å². The quantitative estimate of drug-likeness (QED) is 0.798. The maximum atomic E-state index is 9.14. The van der Waals surface area contributed by atoms with Crippen LogP contribution < -0.4 is 0 Å². The lowest BCUT2D eigenvalue weighted by molar-refractivity contribution is 0.322. The van der Waals surface area contributed by atoms with Gasteiger partial charge in [-0.2, -0.15) is 15.6 Å². The third kappa shape index (κ3) is 2.61. The van der Waals surface area contributed by atoms with Crippen molar-refractivity contribution in [3.8, 4) is 17.3 Å². The Morgan fingerprint density at radius 3 is 2.87 bits per heavy atom. The van der Waals surface area contributed by atoms with Gasteiger partial charge in [0.05, 0.1) is 0 Å². The number of nitriles is 1. The van der Waals surface area contributed by atoms with Gasteiger partial charge in [0.15, 0.2) is 5.69 Å². The molecule has 0 unspecified atom stereocenters. The van der Waals surface area contributed by atoms with Crippen LogP contribution in [0.4, 0.5) is 0 Å². The molecule has 1 N–H and O–H groups in total. The fourth-order valence-corrected chi connectivity index (χ4v) is 3.65. The summed E-state index contributed by atoms with van der Waals surface area (Å²) in [7, 11) is 0. The highest BCUT2D eigenvalue weighted by Gasteiger charge is 2.16. The topological polar surface area (TPSA) is 70.3 Å². The van der Waals surface area contributed by atoms with Crippen molar-refractivity contribution in [1.29, 1.82) is 5.26 Å². The summed E-state index contributed by atoms with van der Waals surface area (Å²) in [4.78, 5) is 0. The van der Waals surface area contributed by atoms with Crippen LogP contribution in [0.25, 0.3) is 22.2 Å². The van der Waals surface area contributed by atoms with E-state index in [2.05, 4.69) is 50.4 Å². The molecular weight excluding hydrogens is 286 g/mol. The van der Waals surface area contributed by atoms with Crippen LogP contribution in [0.2, 0.25) is 0 Å². The number of H-pyrrole nitrogens is 1. The van der Waals surface area contributed by atoms with Gasteiger partial charge in [0.1, 0.15) is 11.8 Å². The Kier molecular flexibility index (Phi) is 3.58. The van der Waals surface area contributed by atoms with E-state index < -0.39 is 0 Å². The first kappa shape index (κ1) is 14.0. The molecule has 3 aromatic rings. The smallest absolute Gasteiger partial charge is 0.190 e. The second-order valence-electron chi connectivity index (χ2n) is 6.38. The molecule has 1 aliphatic carbocycles. The molecule has 0 bridgehead atoms. The lowest BCUT2D eigenvalue weighted by Crippen LogP contribution is -2.13. The minimum Gasteiger partial charge on any atom is -0.347 e. The Hall–Kier alpha value is -2.61. The van der Waals surface area contributed by atoms with Gasteiger partial charge in [-0.15, -0.1) is 5.10 Å². The van der Waals surface area contributed by atoms with Gasteiger partial charge in [-0.1, -0.05) is 31.4 Å². The summed E-state index contributed by atoms with van der Waals surface area (Å²) in [6, 6.07) is 10.5. The predicted molar refractivity (Wildman–Crippen MR) is 88.6 cm³/mol. The van der Waals surface area contributed by atoms with Crippen LogP contribution in [0.15, 0.2) is 30.5 Å². The van der Waals surface area contributed by atoms with Crippen LogP contribution >= 0.6 is 0 Å². The Morgan fingerprint density at radius 1 is 1.17 bits per heavy atom. The summed E-state index contributed by atoms with van der Waals surface area (Å²) in [6.45, 7) is 1.08. The maximum Gasteiger partial charge on any atom is 0.190 e. The van der Waals surface area contributed by atoms with Gasteiger partial charge in [-0.25, -0.2) is 0 Å². The average Bonchev–Trinajstić information content (AvgIpc) is 3.22. The number of fused-ring (bicyclic) bond motifs is 1. The molecule has 0 aliphatic heterocycles. The molecule has 0 radical (unpaired) electrons. The molecule has 0 spiro atoms. The largest absolute Gasteiger partial charge is 0.347 e. The number of rotatable bonds is 3. The Balaban J connectivity index is 1.70. The van der Waals surface area contributed by atoms with E-state index >= 15 is 0 Å². The zero-order valence-corrected chi connectivity index (χ0v) is 13.0. The fraction of sp³-hybridized carbons (Fsp3) is 0.389. The molecule has 0 saturated heterocycles. The van der Waals surface area contributed by atoms with Crippen molar-refractivity contribution < 1.29 is 0 Å². The van der Waals surface area contributed by atoms with Gasteiger partial charge < -0.3 is 4.57 Å². The van der Waals surface area contributed by atoms with Gasteiger partial charge in [0, 0.05) is 23.8 Å². The van der Waals surface area contributed by atoms with E-state index in [4.69, 9.17) is 5.26 Å². The lowest BCUT2D eigenvalue weighted by atomic mass is 9.89. The highest BCUT2D eigenvalue weighted by Crippen LogP contribution is 2.29. The molecule has 5 heteroatoms. The maximum absolute atomic E-state index is 9.14. The van der Waals surface area contributed by atoms with Crippen LogP contribution in [0, 0.1) is 17.2 Å². The first-order valence-electron chi connectivity index (χ1n) is 8.25. The second kappa shape index (κ2) is 5.88. The molecule has 1 aromatic carbocycles. The summed E-state index contributed by atoms with van der Waals surface area (Å²) >= 11 is 0. The molecule has 1 saturated carbocycles. The summed E-state index contributed by atoms with van der Waals surface area (Å²) in [5.74, 6) is 0.782.